The molecule has 0 saturated heterocycles. The lowest BCUT2D eigenvalue weighted by Crippen LogP contribution is -2.08. The number of hydrogen-bond acceptors (Lipinski definition) is 9. The smallest absolute Gasteiger partial charge is 0.434 e. The topological polar surface area (TPSA) is 113 Å². The maximum Gasteiger partial charge on any atom is 0.434 e. The summed E-state index contributed by atoms with van der Waals surface area (Å²) in [4.78, 5) is 25.4. The fraction of sp³-hybridized carbons (Fsp3) is 0.333. The van der Waals surface area contributed by atoms with Crippen LogP contribution in [0.5, 0.6) is 11.6 Å². The van der Waals surface area contributed by atoms with Crippen molar-refractivity contribution < 1.29 is 22.6 Å². The van der Waals surface area contributed by atoms with Gasteiger partial charge in [0.05, 0.1) is 19.9 Å². The van der Waals surface area contributed by atoms with Crippen LogP contribution in [0, 0.1) is 0 Å². The van der Waals surface area contributed by atoms with Crippen molar-refractivity contribution in [2.24, 2.45) is 7.05 Å². The average molecular weight is 512 g/mol. The number of ether oxygens (including phenoxy) is 2. The normalized spacial score (nSPS) is 13.5. The van der Waals surface area contributed by atoms with E-state index in [1.807, 2.05) is 0 Å². The van der Waals surface area contributed by atoms with Crippen molar-refractivity contribution in [2.75, 3.05) is 19.5 Å². The van der Waals surface area contributed by atoms with Crippen molar-refractivity contribution in [2.45, 2.75) is 31.5 Å². The highest BCUT2D eigenvalue weighted by molar-refractivity contribution is 5.66. The number of rotatable bonds is 8. The van der Waals surface area contributed by atoms with E-state index in [1.165, 1.54) is 38.5 Å². The van der Waals surface area contributed by atoms with E-state index in [0.717, 1.165) is 30.3 Å². The Morgan fingerprint density at radius 3 is 2.49 bits per heavy atom. The van der Waals surface area contributed by atoms with Crippen LogP contribution in [-0.2, 0) is 19.8 Å². The van der Waals surface area contributed by atoms with Crippen LogP contribution in [0.15, 0.2) is 37.1 Å². The molecule has 3 aromatic heterocycles. The Balaban J connectivity index is 1.38. The zero-order valence-electron chi connectivity index (χ0n) is 20.2. The van der Waals surface area contributed by atoms with Crippen molar-refractivity contribution in [3.8, 4) is 34.4 Å². The lowest BCUT2D eigenvalue weighted by atomic mass is 10.1. The quantitative estimate of drug-likeness (QED) is 0.370. The first-order valence-corrected chi connectivity index (χ1v) is 11.4. The molecule has 0 atom stereocenters. The minimum absolute atomic E-state index is 0.178. The fourth-order valence-corrected chi connectivity index (χ4v) is 3.99. The molecule has 0 aliphatic heterocycles. The molecule has 1 N–H and O–H groups in total. The summed E-state index contributed by atoms with van der Waals surface area (Å²) in [6, 6.07) is 5.09. The van der Waals surface area contributed by atoms with E-state index in [0.29, 0.717) is 47.0 Å². The van der Waals surface area contributed by atoms with E-state index in [1.54, 1.807) is 18.2 Å². The molecule has 0 bridgehead atoms. The van der Waals surface area contributed by atoms with Gasteiger partial charge in [0.15, 0.2) is 11.5 Å². The van der Waals surface area contributed by atoms with Crippen LogP contribution < -0.4 is 14.8 Å². The molecular formula is C24H23F3N8O2. The second-order valence-electron chi connectivity index (χ2n) is 8.49. The molecular weight excluding hydrogens is 489 g/mol. The fourth-order valence-electron chi connectivity index (χ4n) is 3.99. The molecule has 5 rings (SSSR count). The minimum atomic E-state index is -4.53. The van der Waals surface area contributed by atoms with E-state index in [2.05, 4.69) is 35.2 Å². The SMILES string of the molecule is COc1cc(-c2nc(C(F)(F)F)cn2C)ccc1CNc1ncnc(-c2c(OC)ncnc2C2CC2)n1. The van der Waals surface area contributed by atoms with Gasteiger partial charge in [-0.05, 0) is 18.9 Å². The lowest BCUT2D eigenvalue weighted by Gasteiger charge is -2.13. The largest absolute Gasteiger partial charge is 0.496 e. The van der Waals surface area contributed by atoms with Gasteiger partial charge in [0, 0.05) is 36.8 Å². The number of imidazole rings is 1. The first-order chi connectivity index (χ1) is 17.8. The summed E-state index contributed by atoms with van der Waals surface area (Å²) in [5.41, 5.74) is 1.78. The highest BCUT2D eigenvalue weighted by Crippen LogP contribution is 2.44. The predicted molar refractivity (Wildman–Crippen MR) is 127 cm³/mol. The zero-order chi connectivity index (χ0) is 26.2. The number of methoxy groups -OCH3 is 2. The maximum absolute atomic E-state index is 13.1. The molecule has 1 saturated carbocycles. The molecule has 1 aromatic carbocycles. The second kappa shape index (κ2) is 9.64. The van der Waals surface area contributed by atoms with E-state index in [9.17, 15) is 13.2 Å². The molecule has 1 aliphatic rings. The number of nitrogens with zero attached hydrogens (tertiary/aromatic N) is 7. The van der Waals surface area contributed by atoms with Gasteiger partial charge in [-0.25, -0.2) is 24.9 Å². The number of aromatic nitrogens is 7. The van der Waals surface area contributed by atoms with E-state index in [4.69, 9.17) is 9.47 Å². The Morgan fingerprint density at radius 2 is 1.81 bits per heavy atom. The van der Waals surface area contributed by atoms with Gasteiger partial charge in [-0.2, -0.15) is 18.2 Å². The predicted octanol–water partition coefficient (Wildman–Crippen LogP) is 4.25. The molecule has 0 amide bonds. The third kappa shape index (κ3) is 5.01. The van der Waals surface area contributed by atoms with Crippen molar-refractivity contribution in [1.82, 2.24) is 34.5 Å². The summed E-state index contributed by atoms with van der Waals surface area (Å²) < 4.78 is 51.5. The second-order valence-corrected chi connectivity index (χ2v) is 8.49. The molecule has 0 unspecified atom stereocenters. The highest BCUT2D eigenvalue weighted by Gasteiger charge is 2.35. The van der Waals surface area contributed by atoms with Gasteiger partial charge in [0.1, 0.15) is 29.8 Å². The van der Waals surface area contributed by atoms with E-state index < -0.39 is 11.9 Å². The number of anilines is 1. The van der Waals surface area contributed by atoms with Gasteiger partial charge in [-0.3, -0.25) is 0 Å². The first-order valence-electron chi connectivity index (χ1n) is 11.4. The maximum atomic E-state index is 13.1. The number of halogens is 3. The van der Waals surface area contributed by atoms with Gasteiger partial charge < -0.3 is 19.4 Å². The molecule has 192 valence electrons. The van der Waals surface area contributed by atoms with Crippen LogP contribution in [0.4, 0.5) is 19.1 Å². The average Bonchev–Trinajstić information content (AvgIpc) is 3.67. The third-order valence-corrected chi connectivity index (χ3v) is 5.94. The molecule has 0 radical (unpaired) electrons. The Bertz CT molecular complexity index is 1440. The molecule has 0 spiro atoms. The summed E-state index contributed by atoms with van der Waals surface area (Å²) in [6.45, 7) is 0.291. The Morgan fingerprint density at radius 1 is 1.03 bits per heavy atom. The van der Waals surface area contributed by atoms with Crippen LogP contribution in [0.3, 0.4) is 0 Å². The van der Waals surface area contributed by atoms with Gasteiger partial charge in [-0.1, -0.05) is 12.1 Å². The monoisotopic (exact) mass is 512 g/mol. The molecule has 1 fully saturated rings. The van der Waals surface area contributed by atoms with Gasteiger partial charge in [-0.15, -0.1) is 0 Å². The molecule has 1 aliphatic carbocycles. The van der Waals surface area contributed by atoms with Crippen molar-refractivity contribution in [3.05, 3.63) is 54.0 Å². The van der Waals surface area contributed by atoms with E-state index >= 15 is 0 Å². The van der Waals surface area contributed by atoms with E-state index in [-0.39, 0.29) is 5.82 Å². The van der Waals surface area contributed by atoms with Crippen molar-refractivity contribution in [3.63, 3.8) is 0 Å². The molecule has 37 heavy (non-hydrogen) atoms. The van der Waals surface area contributed by atoms with Crippen molar-refractivity contribution >= 4 is 5.95 Å². The van der Waals surface area contributed by atoms with Crippen LogP contribution in [0.2, 0.25) is 0 Å². The highest BCUT2D eigenvalue weighted by atomic mass is 19.4. The zero-order valence-corrected chi connectivity index (χ0v) is 20.2. The molecule has 3 heterocycles. The standard InChI is InChI=1S/C24H23F3N8O2/c1-35-10-17(24(25,26)27)33-21(35)14-6-7-15(16(8-14)36-2)9-28-23-32-12-30-20(34-23)18-19(13-4-5-13)29-11-31-22(18)37-3/h6-8,10-13H,4-5,9H2,1-3H3,(H,28,30,32,34). The summed E-state index contributed by atoms with van der Waals surface area (Å²) in [7, 11) is 4.54. The lowest BCUT2D eigenvalue weighted by molar-refractivity contribution is -0.140. The Labute approximate surface area is 210 Å². The summed E-state index contributed by atoms with van der Waals surface area (Å²) in [6.07, 6.45) is 1.37. The van der Waals surface area contributed by atoms with Crippen molar-refractivity contribution in [1.29, 1.82) is 0 Å². The number of aryl methyl sites for hydroxylation is 1. The van der Waals surface area contributed by atoms with Gasteiger partial charge in [0.2, 0.25) is 11.8 Å². The summed E-state index contributed by atoms with van der Waals surface area (Å²) >= 11 is 0. The third-order valence-electron chi connectivity index (χ3n) is 5.94. The van der Waals surface area contributed by atoms with Crippen LogP contribution in [0.1, 0.15) is 35.7 Å². The van der Waals surface area contributed by atoms with Crippen LogP contribution >= 0.6 is 0 Å². The van der Waals surface area contributed by atoms with Crippen LogP contribution in [-0.4, -0.2) is 48.7 Å². The van der Waals surface area contributed by atoms with Gasteiger partial charge in [0.25, 0.3) is 0 Å². The summed E-state index contributed by atoms with van der Waals surface area (Å²) in [5.74, 6) is 2.10. The number of benzene rings is 1. The number of nitrogens with one attached hydrogen (secondary N) is 1. The minimum Gasteiger partial charge on any atom is -0.496 e. The summed E-state index contributed by atoms with van der Waals surface area (Å²) in [5, 5.41) is 3.15. The Kier molecular flexibility index (Phi) is 6.36. The Hall–Kier alpha value is -4.29. The molecule has 4 aromatic rings. The molecule has 10 nitrogen and oxygen atoms in total. The number of hydrogen-bond donors (Lipinski definition) is 1. The van der Waals surface area contributed by atoms with Crippen LogP contribution in [0.25, 0.3) is 22.8 Å². The molecule has 13 heteroatoms. The van der Waals surface area contributed by atoms with Gasteiger partial charge >= 0.3 is 6.18 Å². The number of alkyl halides is 3. The first kappa shape index (κ1) is 24.4.